The van der Waals surface area contributed by atoms with Gasteiger partial charge in [-0.15, -0.1) is 0 Å². The van der Waals surface area contributed by atoms with E-state index in [2.05, 4.69) is 26.1 Å². The highest BCUT2D eigenvalue weighted by molar-refractivity contribution is 9.10. The highest BCUT2D eigenvalue weighted by Gasteiger charge is 2.32. The minimum Gasteiger partial charge on any atom is -0.398 e. The fourth-order valence-electron chi connectivity index (χ4n) is 3.55. The Morgan fingerprint density at radius 2 is 2.19 bits per heavy atom. The molecule has 2 atom stereocenters. The van der Waals surface area contributed by atoms with Crippen molar-refractivity contribution in [1.29, 1.82) is 0 Å². The first kappa shape index (κ1) is 14.9. The Balaban J connectivity index is 1.69. The molecule has 2 unspecified atom stereocenters. The minimum atomic E-state index is -0.00283. The van der Waals surface area contributed by atoms with Crippen LogP contribution < -0.4 is 11.1 Å². The van der Waals surface area contributed by atoms with Crippen molar-refractivity contribution >= 4 is 27.5 Å². The summed E-state index contributed by atoms with van der Waals surface area (Å²) in [6.45, 7) is 4.23. The van der Waals surface area contributed by atoms with Gasteiger partial charge in [-0.3, -0.25) is 4.79 Å². The van der Waals surface area contributed by atoms with Crippen molar-refractivity contribution in [2.75, 3.05) is 18.8 Å². The molecule has 0 spiro atoms. The molecule has 114 valence electrons. The van der Waals surface area contributed by atoms with Crippen molar-refractivity contribution in [1.82, 2.24) is 10.2 Å². The lowest BCUT2D eigenvalue weighted by Crippen LogP contribution is -2.47. The second-order valence-corrected chi connectivity index (χ2v) is 7.11. The van der Waals surface area contributed by atoms with Crippen LogP contribution in [0.3, 0.4) is 0 Å². The van der Waals surface area contributed by atoms with Gasteiger partial charge in [0.2, 0.25) is 0 Å². The number of anilines is 1. The van der Waals surface area contributed by atoms with E-state index in [9.17, 15) is 4.79 Å². The number of rotatable bonds is 2. The van der Waals surface area contributed by atoms with Crippen LogP contribution in [0.15, 0.2) is 16.6 Å². The minimum absolute atomic E-state index is 0.00283. The molecule has 1 aromatic rings. The number of amides is 1. The number of hydrogen-bond acceptors (Lipinski definition) is 3. The van der Waals surface area contributed by atoms with Crippen molar-refractivity contribution in [3.8, 4) is 0 Å². The molecule has 0 aliphatic carbocycles. The highest BCUT2D eigenvalue weighted by Crippen LogP contribution is 2.28. The summed E-state index contributed by atoms with van der Waals surface area (Å²) in [5.41, 5.74) is 8.13. The Hall–Kier alpha value is -1.07. The van der Waals surface area contributed by atoms with E-state index in [-0.39, 0.29) is 11.9 Å². The molecule has 1 aromatic carbocycles. The largest absolute Gasteiger partial charge is 0.398 e. The summed E-state index contributed by atoms with van der Waals surface area (Å²) in [6, 6.07) is 4.64. The Bertz CT molecular complexity index is 561. The monoisotopic (exact) mass is 351 g/mol. The molecule has 2 heterocycles. The molecule has 0 radical (unpaired) electrons. The van der Waals surface area contributed by atoms with Crippen LogP contribution >= 0.6 is 15.9 Å². The Kier molecular flexibility index (Phi) is 4.22. The fourth-order valence-corrected chi connectivity index (χ4v) is 4.03. The summed E-state index contributed by atoms with van der Waals surface area (Å²) in [4.78, 5) is 15.1. The molecular weight excluding hydrogens is 330 g/mol. The van der Waals surface area contributed by atoms with E-state index < -0.39 is 0 Å². The van der Waals surface area contributed by atoms with E-state index in [0.29, 0.717) is 17.3 Å². The summed E-state index contributed by atoms with van der Waals surface area (Å²) < 4.78 is 0.848. The Labute approximate surface area is 134 Å². The van der Waals surface area contributed by atoms with Gasteiger partial charge in [-0.2, -0.15) is 0 Å². The van der Waals surface area contributed by atoms with Crippen LogP contribution in [-0.4, -0.2) is 36.0 Å². The van der Waals surface area contributed by atoms with Crippen molar-refractivity contribution < 1.29 is 4.79 Å². The van der Waals surface area contributed by atoms with E-state index in [0.717, 1.165) is 29.4 Å². The summed E-state index contributed by atoms with van der Waals surface area (Å²) >= 11 is 3.41. The molecule has 3 N–H and O–H groups in total. The maximum absolute atomic E-state index is 12.5. The average Bonchev–Trinajstić information content (AvgIpc) is 2.90. The van der Waals surface area contributed by atoms with Gasteiger partial charge in [-0.25, -0.2) is 0 Å². The molecule has 2 saturated heterocycles. The molecule has 2 aliphatic rings. The number of halogens is 1. The van der Waals surface area contributed by atoms with Crippen molar-refractivity contribution in [2.45, 2.75) is 44.7 Å². The molecule has 1 amide bonds. The second kappa shape index (κ2) is 5.97. The molecule has 0 aromatic heterocycles. The van der Waals surface area contributed by atoms with Gasteiger partial charge in [-0.1, -0.05) is 15.9 Å². The number of benzene rings is 1. The molecule has 21 heavy (non-hydrogen) atoms. The van der Waals surface area contributed by atoms with Gasteiger partial charge >= 0.3 is 0 Å². The van der Waals surface area contributed by atoms with Crippen LogP contribution in [0, 0.1) is 6.92 Å². The summed E-state index contributed by atoms with van der Waals surface area (Å²) in [7, 11) is 0. The third-order valence-corrected chi connectivity index (χ3v) is 5.27. The van der Waals surface area contributed by atoms with Gasteiger partial charge in [0, 0.05) is 34.4 Å². The number of fused-ring (bicyclic) bond motifs is 1. The molecule has 2 fully saturated rings. The van der Waals surface area contributed by atoms with Gasteiger partial charge in [0.25, 0.3) is 5.91 Å². The molecule has 2 aliphatic heterocycles. The predicted molar refractivity (Wildman–Crippen MR) is 88.4 cm³/mol. The standard InChI is InChI=1S/C16H22BrN3O/c1-10-14(7-11(17)8-15(10)18)16(21)19-12-4-6-20-5-2-3-13(20)9-12/h7-8,12-13H,2-6,9,18H2,1H3,(H,19,21). The van der Waals surface area contributed by atoms with Crippen LogP contribution in [0.1, 0.15) is 41.6 Å². The summed E-state index contributed by atoms with van der Waals surface area (Å²) in [5, 5.41) is 3.20. The van der Waals surface area contributed by atoms with E-state index in [1.165, 1.54) is 19.4 Å². The van der Waals surface area contributed by atoms with Crippen LogP contribution in [0.25, 0.3) is 0 Å². The zero-order valence-electron chi connectivity index (χ0n) is 12.4. The first-order valence-electron chi connectivity index (χ1n) is 7.65. The third-order valence-electron chi connectivity index (χ3n) is 4.81. The fraction of sp³-hybridized carbons (Fsp3) is 0.562. The number of carbonyl (C=O) groups excluding carboxylic acids is 1. The van der Waals surface area contributed by atoms with Crippen LogP contribution in [0.4, 0.5) is 5.69 Å². The van der Waals surface area contributed by atoms with Gasteiger partial charge in [0.1, 0.15) is 0 Å². The smallest absolute Gasteiger partial charge is 0.251 e. The topological polar surface area (TPSA) is 58.4 Å². The zero-order valence-corrected chi connectivity index (χ0v) is 13.9. The molecule has 0 bridgehead atoms. The van der Waals surface area contributed by atoms with Gasteiger partial charge < -0.3 is 16.0 Å². The maximum Gasteiger partial charge on any atom is 0.251 e. The number of nitrogen functional groups attached to an aromatic ring is 1. The van der Waals surface area contributed by atoms with E-state index in [1.807, 2.05) is 19.1 Å². The Morgan fingerprint density at radius 3 is 3.00 bits per heavy atom. The number of carbonyl (C=O) groups is 1. The van der Waals surface area contributed by atoms with E-state index in [4.69, 9.17) is 5.73 Å². The normalized spacial score (nSPS) is 25.6. The molecule has 4 nitrogen and oxygen atoms in total. The first-order chi connectivity index (χ1) is 10.0. The molecule has 3 rings (SSSR count). The quantitative estimate of drug-likeness (QED) is 0.805. The Morgan fingerprint density at radius 1 is 1.38 bits per heavy atom. The van der Waals surface area contributed by atoms with Gasteiger partial charge in [0.05, 0.1) is 0 Å². The highest BCUT2D eigenvalue weighted by atomic mass is 79.9. The number of hydrogen-bond donors (Lipinski definition) is 2. The average molecular weight is 352 g/mol. The molecular formula is C16H22BrN3O. The SMILES string of the molecule is Cc1c(N)cc(Br)cc1C(=O)NC1CCN2CCCC2C1. The summed E-state index contributed by atoms with van der Waals surface area (Å²) in [6.07, 6.45) is 4.70. The number of nitrogens with two attached hydrogens (primary N) is 1. The van der Waals surface area contributed by atoms with Crippen molar-refractivity contribution in [3.63, 3.8) is 0 Å². The number of nitrogens with zero attached hydrogens (tertiary/aromatic N) is 1. The lowest BCUT2D eigenvalue weighted by Gasteiger charge is -2.35. The molecule has 0 saturated carbocycles. The van der Waals surface area contributed by atoms with Crippen LogP contribution in [0.2, 0.25) is 0 Å². The number of piperidine rings is 1. The van der Waals surface area contributed by atoms with E-state index >= 15 is 0 Å². The summed E-state index contributed by atoms with van der Waals surface area (Å²) in [5.74, 6) is -0.00283. The third kappa shape index (κ3) is 3.09. The second-order valence-electron chi connectivity index (χ2n) is 6.19. The van der Waals surface area contributed by atoms with Crippen LogP contribution in [0.5, 0.6) is 0 Å². The lowest BCUT2D eigenvalue weighted by molar-refractivity contribution is 0.0895. The van der Waals surface area contributed by atoms with Crippen molar-refractivity contribution in [2.24, 2.45) is 0 Å². The maximum atomic E-state index is 12.5. The zero-order chi connectivity index (χ0) is 15.0. The molecule has 5 heteroatoms. The lowest BCUT2D eigenvalue weighted by atomic mass is 9.97. The predicted octanol–water partition coefficient (Wildman–Crippen LogP) is 2.70. The van der Waals surface area contributed by atoms with Crippen molar-refractivity contribution in [3.05, 3.63) is 27.7 Å². The van der Waals surface area contributed by atoms with Crippen LogP contribution in [-0.2, 0) is 0 Å². The van der Waals surface area contributed by atoms with E-state index in [1.54, 1.807) is 0 Å². The van der Waals surface area contributed by atoms with Gasteiger partial charge in [0.15, 0.2) is 0 Å². The van der Waals surface area contributed by atoms with Gasteiger partial charge in [-0.05, 0) is 56.8 Å². The number of nitrogens with one attached hydrogen (secondary N) is 1. The first-order valence-corrected chi connectivity index (χ1v) is 8.44.